The van der Waals surface area contributed by atoms with Gasteiger partial charge in [-0.1, -0.05) is 17.8 Å². The van der Waals surface area contributed by atoms with E-state index in [4.69, 9.17) is 9.47 Å². The summed E-state index contributed by atoms with van der Waals surface area (Å²) in [5.41, 5.74) is 3.43. The highest BCUT2D eigenvalue weighted by atomic mass is 32.2. The maximum atomic E-state index is 12.4. The van der Waals surface area contributed by atoms with Crippen molar-refractivity contribution < 1.29 is 19.1 Å². The molecule has 3 aromatic rings. The number of rotatable bonds is 7. The molecule has 10 heteroatoms. The van der Waals surface area contributed by atoms with Crippen LogP contribution in [0.1, 0.15) is 27.3 Å². The van der Waals surface area contributed by atoms with E-state index in [9.17, 15) is 9.59 Å². The molecule has 2 aromatic carbocycles. The fourth-order valence-electron chi connectivity index (χ4n) is 3.30. The molecule has 0 bridgehead atoms. The summed E-state index contributed by atoms with van der Waals surface area (Å²) in [6.07, 6.45) is 0. The second-order valence-electron chi connectivity index (χ2n) is 7.42. The summed E-state index contributed by atoms with van der Waals surface area (Å²) in [4.78, 5) is 24.8. The van der Waals surface area contributed by atoms with Crippen LogP contribution in [0, 0.1) is 13.8 Å². The van der Waals surface area contributed by atoms with Crippen LogP contribution >= 0.6 is 11.8 Å². The van der Waals surface area contributed by atoms with Gasteiger partial charge in [0, 0.05) is 18.3 Å². The molecule has 2 amide bonds. The minimum Gasteiger partial charge on any atom is -0.454 e. The first-order valence-corrected chi connectivity index (χ1v) is 10.9. The highest BCUT2D eigenvalue weighted by Gasteiger charge is 2.17. The van der Waals surface area contributed by atoms with Gasteiger partial charge in [-0.25, -0.2) is 0 Å². The van der Waals surface area contributed by atoms with Crippen molar-refractivity contribution in [1.29, 1.82) is 0 Å². The van der Waals surface area contributed by atoms with Gasteiger partial charge < -0.3 is 24.7 Å². The van der Waals surface area contributed by atoms with Gasteiger partial charge in [-0.2, -0.15) is 0 Å². The molecule has 1 aromatic heterocycles. The molecule has 2 N–H and O–H groups in total. The highest BCUT2D eigenvalue weighted by molar-refractivity contribution is 7.99. The van der Waals surface area contributed by atoms with E-state index in [-0.39, 0.29) is 30.9 Å². The van der Waals surface area contributed by atoms with E-state index in [2.05, 4.69) is 26.9 Å². The fourth-order valence-corrected chi connectivity index (χ4v) is 4.03. The Morgan fingerprint density at radius 1 is 1.06 bits per heavy atom. The Balaban J connectivity index is 1.30. The monoisotopic (exact) mass is 453 g/mol. The minimum absolute atomic E-state index is 0.124. The lowest BCUT2D eigenvalue weighted by Crippen LogP contribution is -2.24. The lowest BCUT2D eigenvalue weighted by atomic mass is 10.1. The first-order chi connectivity index (χ1) is 15.4. The number of carbonyl (C=O) groups excluding carboxylic acids is 2. The van der Waals surface area contributed by atoms with Crippen LogP contribution in [-0.2, 0) is 18.4 Å². The topological polar surface area (TPSA) is 107 Å². The van der Waals surface area contributed by atoms with E-state index >= 15 is 0 Å². The van der Waals surface area contributed by atoms with Crippen LogP contribution in [0.15, 0.2) is 41.6 Å². The number of carbonyl (C=O) groups is 2. The lowest BCUT2D eigenvalue weighted by molar-refractivity contribution is -0.113. The van der Waals surface area contributed by atoms with Crippen molar-refractivity contribution in [1.82, 2.24) is 20.1 Å². The third-order valence-electron chi connectivity index (χ3n) is 4.80. The molecule has 0 spiro atoms. The summed E-state index contributed by atoms with van der Waals surface area (Å²) in [5, 5.41) is 14.6. The van der Waals surface area contributed by atoms with Crippen LogP contribution in [0.5, 0.6) is 11.5 Å². The van der Waals surface area contributed by atoms with Crippen LogP contribution in [0.3, 0.4) is 0 Å². The number of aryl methyl sites for hydroxylation is 2. The SMILES string of the molecule is Cc1cc(C)cc(NC(=O)CSc2nnc(CNC(=O)c3ccc4c(c3)OCO4)n2C)c1. The molecule has 0 radical (unpaired) electrons. The maximum absolute atomic E-state index is 12.4. The van der Waals surface area contributed by atoms with E-state index in [1.54, 1.807) is 29.8 Å². The summed E-state index contributed by atoms with van der Waals surface area (Å²) >= 11 is 1.28. The summed E-state index contributed by atoms with van der Waals surface area (Å²) < 4.78 is 12.3. The molecule has 1 aliphatic heterocycles. The zero-order valence-electron chi connectivity index (χ0n) is 18.0. The van der Waals surface area contributed by atoms with Crippen LogP contribution < -0.4 is 20.1 Å². The highest BCUT2D eigenvalue weighted by Crippen LogP contribution is 2.32. The summed E-state index contributed by atoms with van der Waals surface area (Å²) in [6, 6.07) is 10.9. The Kier molecular flexibility index (Phi) is 6.31. The number of benzene rings is 2. The molecule has 0 atom stereocenters. The number of fused-ring (bicyclic) bond motifs is 1. The second-order valence-corrected chi connectivity index (χ2v) is 8.36. The second kappa shape index (κ2) is 9.31. The number of nitrogens with one attached hydrogen (secondary N) is 2. The lowest BCUT2D eigenvalue weighted by Gasteiger charge is -2.08. The Morgan fingerprint density at radius 3 is 2.59 bits per heavy atom. The smallest absolute Gasteiger partial charge is 0.251 e. The Morgan fingerprint density at radius 2 is 1.81 bits per heavy atom. The van der Waals surface area contributed by atoms with Crippen molar-refractivity contribution in [2.75, 3.05) is 17.9 Å². The van der Waals surface area contributed by atoms with Gasteiger partial charge in [0.15, 0.2) is 22.5 Å². The van der Waals surface area contributed by atoms with Gasteiger partial charge in [-0.3, -0.25) is 9.59 Å². The summed E-state index contributed by atoms with van der Waals surface area (Å²) in [6.45, 7) is 4.34. The van der Waals surface area contributed by atoms with Gasteiger partial charge in [-0.15, -0.1) is 10.2 Å². The Labute approximate surface area is 189 Å². The van der Waals surface area contributed by atoms with Crippen LogP contribution in [-0.4, -0.2) is 39.1 Å². The fraction of sp³-hybridized carbons (Fsp3) is 0.273. The first kappa shape index (κ1) is 21.7. The standard InChI is InChI=1S/C22H23N5O4S/c1-13-6-14(2)8-16(7-13)24-20(28)11-32-22-26-25-19(27(22)3)10-23-21(29)15-4-5-17-18(9-15)31-12-30-17/h4-9H,10-12H2,1-3H3,(H,23,29)(H,24,28). The molecule has 2 heterocycles. The molecule has 0 fully saturated rings. The van der Waals surface area contributed by atoms with Crippen molar-refractivity contribution in [3.63, 3.8) is 0 Å². The van der Waals surface area contributed by atoms with Crippen LogP contribution in [0.25, 0.3) is 0 Å². The molecule has 32 heavy (non-hydrogen) atoms. The van der Waals surface area contributed by atoms with Crippen molar-refractivity contribution in [3.8, 4) is 11.5 Å². The van der Waals surface area contributed by atoms with E-state index in [1.165, 1.54) is 11.8 Å². The molecule has 9 nitrogen and oxygen atoms in total. The van der Waals surface area contributed by atoms with Crippen molar-refractivity contribution in [2.45, 2.75) is 25.5 Å². The maximum Gasteiger partial charge on any atom is 0.251 e. The van der Waals surface area contributed by atoms with Crippen molar-refractivity contribution in [3.05, 3.63) is 58.9 Å². The molecular formula is C22H23N5O4S. The van der Waals surface area contributed by atoms with E-state index in [1.807, 2.05) is 26.0 Å². The average Bonchev–Trinajstić information content (AvgIpc) is 3.35. The van der Waals surface area contributed by atoms with Gasteiger partial charge in [0.25, 0.3) is 5.91 Å². The van der Waals surface area contributed by atoms with E-state index in [0.29, 0.717) is 28.0 Å². The van der Waals surface area contributed by atoms with E-state index < -0.39 is 0 Å². The minimum atomic E-state index is -0.256. The normalized spacial score (nSPS) is 12.0. The molecule has 0 saturated carbocycles. The Hall–Kier alpha value is -3.53. The third-order valence-corrected chi connectivity index (χ3v) is 5.82. The van der Waals surface area contributed by atoms with Gasteiger partial charge >= 0.3 is 0 Å². The first-order valence-electron chi connectivity index (χ1n) is 9.96. The number of aromatic nitrogens is 3. The molecule has 0 aliphatic carbocycles. The quantitative estimate of drug-likeness (QED) is 0.530. The predicted molar refractivity (Wildman–Crippen MR) is 120 cm³/mol. The number of anilines is 1. The Bertz CT molecular complexity index is 1160. The zero-order chi connectivity index (χ0) is 22.7. The predicted octanol–water partition coefficient (Wildman–Crippen LogP) is 2.82. The average molecular weight is 454 g/mol. The molecule has 0 saturated heterocycles. The number of ether oxygens (including phenoxy) is 2. The molecule has 166 valence electrons. The van der Waals surface area contributed by atoms with Gasteiger partial charge in [-0.05, 0) is 55.3 Å². The molecular weight excluding hydrogens is 430 g/mol. The number of hydrogen-bond donors (Lipinski definition) is 2. The molecule has 1 aliphatic rings. The van der Waals surface area contributed by atoms with Gasteiger partial charge in [0.2, 0.25) is 12.7 Å². The summed E-state index contributed by atoms with van der Waals surface area (Å²) in [5.74, 6) is 1.57. The third kappa shape index (κ3) is 5.02. The number of nitrogens with zero attached hydrogens (tertiary/aromatic N) is 3. The van der Waals surface area contributed by atoms with Crippen molar-refractivity contribution >= 4 is 29.3 Å². The van der Waals surface area contributed by atoms with Gasteiger partial charge in [0.05, 0.1) is 12.3 Å². The van der Waals surface area contributed by atoms with Crippen LogP contribution in [0.4, 0.5) is 5.69 Å². The largest absolute Gasteiger partial charge is 0.454 e. The van der Waals surface area contributed by atoms with E-state index in [0.717, 1.165) is 16.8 Å². The number of hydrogen-bond acceptors (Lipinski definition) is 7. The molecule has 4 rings (SSSR count). The molecule has 0 unspecified atom stereocenters. The van der Waals surface area contributed by atoms with Crippen LogP contribution in [0.2, 0.25) is 0 Å². The zero-order valence-corrected chi connectivity index (χ0v) is 18.8. The summed E-state index contributed by atoms with van der Waals surface area (Å²) in [7, 11) is 1.80. The van der Waals surface area contributed by atoms with Gasteiger partial charge in [0.1, 0.15) is 0 Å². The number of amides is 2. The van der Waals surface area contributed by atoms with Crippen molar-refractivity contribution in [2.24, 2.45) is 7.05 Å². The number of thioether (sulfide) groups is 1.